The topological polar surface area (TPSA) is 70.6 Å². The summed E-state index contributed by atoms with van der Waals surface area (Å²) in [7, 11) is 0. The first-order valence-corrected chi connectivity index (χ1v) is 7.03. The number of amides is 1. The van der Waals surface area contributed by atoms with Gasteiger partial charge in [-0.25, -0.2) is 0 Å². The normalized spacial score (nSPS) is 16.9. The van der Waals surface area contributed by atoms with E-state index in [9.17, 15) is 4.79 Å². The maximum atomic E-state index is 11.3. The van der Waals surface area contributed by atoms with Gasteiger partial charge in [0.25, 0.3) is 5.91 Å². The lowest BCUT2D eigenvalue weighted by atomic mass is 10.0. The van der Waals surface area contributed by atoms with Crippen LogP contribution in [-0.2, 0) is 4.79 Å². The van der Waals surface area contributed by atoms with Crippen LogP contribution in [-0.4, -0.2) is 30.3 Å². The number of fused-ring (bicyclic) bond motifs is 1. The van der Waals surface area contributed by atoms with Gasteiger partial charge in [0, 0.05) is 18.7 Å². The van der Waals surface area contributed by atoms with Gasteiger partial charge in [-0.2, -0.15) is 0 Å². The van der Waals surface area contributed by atoms with E-state index in [2.05, 4.69) is 24.5 Å². The smallest absolute Gasteiger partial charge is 0.262 e. The molecule has 1 heterocycles. The second-order valence-electron chi connectivity index (χ2n) is 5.25. The number of aliphatic hydroxyl groups is 1. The minimum atomic E-state index is -0.119. The third-order valence-corrected chi connectivity index (χ3v) is 3.47. The molecule has 2 atom stereocenters. The standard InChI is InChI=1S/C15H22N2O3/c1-10(4-3-7-18)16-11(2)12-5-6-14-13(8-12)17-15(19)9-20-14/h5-6,8,10-11,16,18H,3-4,7,9H2,1-2H3,(H,17,19). The van der Waals surface area contributed by atoms with E-state index in [4.69, 9.17) is 9.84 Å². The summed E-state index contributed by atoms with van der Waals surface area (Å²) < 4.78 is 5.34. The fourth-order valence-corrected chi connectivity index (χ4v) is 2.37. The number of hydrogen-bond donors (Lipinski definition) is 3. The Morgan fingerprint density at radius 3 is 3.00 bits per heavy atom. The number of hydrogen-bond acceptors (Lipinski definition) is 4. The van der Waals surface area contributed by atoms with Gasteiger partial charge in [0.05, 0.1) is 5.69 Å². The first kappa shape index (κ1) is 14.8. The predicted octanol–water partition coefficient (Wildman–Crippen LogP) is 1.83. The summed E-state index contributed by atoms with van der Waals surface area (Å²) in [5.41, 5.74) is 1.83. The quantitative estimate of drug-likeness (QED) is 0.742. The molecular weight excluding hydrogens is 256 g/mol. The van der Waals surface area contributed by atoms with Crippen LogP contribution >= 0.6 is 0 Å². The summed E-state index contributed by atoms with van der Waals surface area (Å²) in [4.78, 5) is 11.3. The molecule has 20 heavy (non-hydrogen) atoms. The zero-order chi connectivity index (χ0) is 14.5. The highest BCUT2D eigenvalue weighted by Crippen LogP contribution is 2.30. The van der Waals surface area contributed by atoms with Crippen LogP contribution in [0.15, 0.2) is 18.2 Å². The van der Waals surface area contributed by atoms with Gasteiger partial charge in [0.1, 0.15) is 5.75 Å². The Morgan fingerprint density at radius 1 is 1.45 bits per heavy atom. The van der Waals surface area contributed by atoms with E-state index in [1.807, 2.05) is 18.2 Å². The van der Waals surface area contributed by atoms with Crippen molar-refractivity contribution in [1.82, 2.24) is 5.32 Å². The molecule has 110 valence electrons. The Hall–Kier alpha value is -1.59. The van der Waals surface area contributed by atoms with Gasteiger partial charge in [-0.1, -0.05) is 6.07 Å². The molecule has 0 radical (unpaired) electrons. The molecule has 1 aliphatic heterocycles. The molecule has 0 saturated carbocycles. The summed E-state index contributed by atoms with van der Waals surface area (Å²) in [6.45, 7) is 4.50. The van der Waals surface area contributed by atoms with Gasteiger partial charge >= 0.3 is 0 Å². The maximum Gasteiger partial charge on any atom is 0.262 e. The van der Waals surface area contributed by atoms with Gasteiger partial charge in [0.2, 0.25) is 0 Å². The van der Waals surface area contributed by atoms with E-state index in [0.717, 1.165) is 24.1 Å². The van der Waals surface area contributed by atoms with Crippen LogP contribution < -0.4 is 15.4 Å². The number of aliphatic hydroxyl groups excluding tert-OH is 1. The minimum absolute atomic E-state index is 0.0817. The average Bonchev–Trinajstić information content (AvgIpc) is 2.44. The highest BCUT2D eigenvalue weighted by atomic mass is 16.5. The van der Waals surface area contributed by atoms with E-state index in [1.54, 1.807) is 0 Å². The number of rotatable bonds is 6. The summed E-state index contributed by atoms with van der Waals surface area (Å²) in [6, 6.07) is 6.35. The van der Waals surface area contributed by atoms with E-state index < -0.39 is 0 Å². The second kappa shape index (κ2) is 6.72. The van der Waals surface area contributed by atoms with Crippen molar-refractivity contribution in [3.8, 4) is 5.75 Å². The molecule has 0 aromatic heterocycles. The molecule has 1 aliphatic rings. The molecule has 0 bridgehead atoms. The SMILES string of the molecule is CC(CCCO)NC(C)c1ccc2c(c1)NC(=O)CO2. The second-order valence-corrected chi connectivity index (χ2v) is 5.25. The lowest BCUT2D eigenvalue weighted by Crippen LogP contribution is -2.29. The first-order valence-electron chi connectivity index (χ1n) is 7.03. The number of nitrogens with one attached hydrogen (secondary N) is 2. The molecule has 0 spiro atoms. The molecule has 3 N–H and O–H groups in total. The van der Waals surface area contributed by atoms with Crippen LogP contribution in [0.25, 0.3) is 0 Å². The van der Waals surface area contributed by atoms with Crippen molar-refractivity contribution in [3.63, 3.8) is 0 Å². The molecule has 5 nitrogen and oxygen atoms in total. The summed E-state index contributed by atoms with van der Waals surface area (Å²) in [6.07, 6.45) is 1.74. The first-order chi connectivity index (χ1) is 9.60. The fraction of sp³-hybridized carbons (Fsp3) is 0.533. The van der Waals surface area contributed by atoms with E-state index in [-0.39, 0.29) is 25.2 Å². The van der Waals surface area contributed by atoms with E-state index >= 15 is 0 Å². The average molecular weight is 278 g/mol. The zero-order valence-electron chi connectivity index (χ0n) is 12.0. The van der Waals surface area contributed by atoms with Gasteiger partial charge in [-0.3, -0.25) is 4.79 Å². The molecule has 1 amide bonds. The van der Waals surface area contributed by atoms with Crippen molar-refractivity contribution in [2.45, 2.75) is 38.8 Å². The van der Waals surface area contributed by atoms with Crippen LogP contribution in [0.3, 0.4) is 0 Å². The highest BCUT2D eigenvalue weighted by Gasteiger charge is 2.17. The van der Waals surface area contributed by atoms with Crippen molar-refractivity contribution < 1.29 is 14.6 Å². The van der Waals surface area contributed by atoms with Crippen molar-refractivity contribution in [1.29, 1.82) is 0 Å². The minimum Gasteiger partial charge on any atom is -0.482 e. The zero-order valence-corrected chi connectivity index (χ0v) is 12.0. The van der Waals surface area contributed by atoms with Gasteiger partial charge < -0.3 is 20.5 Å². The van der Waals surface area contributed by atoms with Crippen LogP contribution in [0.2, 0.25) is 0 Å². The fourth-order valence-electron chi connectivity index (χ4n) is 2.37. The van der Waals surface area contributed by atoms with E-state index in [0.29, 0.717) is 11.8 Å². The number of ether oxygens (including phenoxy) is 1. The molecular formula is C15H22N2O3. The summed E-state index contributed by atoms with van der Waals surface area (Å²) >= 11 is 0. The van der Waals surface area contributed by atoms with E-state index in [1.165, 1.54) is 0 Å². The molecule has 5 heteroatoms. The Bertz CT molecular complexity index is 476. The van der Waals surface area contributed by atoms with Gasteiger partial charge in [0.15, 0.2) is 6.61 Å². The summed E-state index contributed by atoms with van der Waals surface area (Å²) in [5, 5.41) is 15.1. The Morgan fingerprint density at radius 2 is 2.25 bits per heavy atom. The highest BCUT2D eigenvalue weighted by molar-refractivity contribution is 5.95. The maximum absolute atomic E-state index is 11.3. The Balaban J connectivity index is 2.01. The molecule has 2 rings (SSSR count). The Labute approximate surface area is 119 Å². The predicted molar refractivity (Wildman–Crippen MR) is 77.9 cm³/mol. The van der Waals surface area contributed by atoms with Crippen molar-refractivity contribution in [3.05, 3.63) is 23.8 Å². The number of benzene rings is 1. The largest absolute Gasteiger partial charge is 0.482 e. The van der Waals surface area contributed by atoms with Crippen molar-refractivity contribution in [2.24, 2.45) is 0 Å². The third-order valence-electron chi connectivity index (χ3n) is 3.47. The van der Waals surface area contributed by atoms with Crippen molar-refractivity contribution >= 4 is 11.6 Å². The monoisotopic (exact) mass is 278 g/mol. The molecule has 1 aromatic carbocycles. The molecule has 0 saturated heterocycles. The van der Waals surface area contributed by atoms with Gasteiger partial charge in [-0.15, -0.1) is 0 Å². The number of carbonyl (C=O) groups is 1. The van der Waals surface area contributed by atoms with Crippen LogP contribution in [0.5, 0.6) is 5.75 Å². The van der Waals surface area contributed by atoms with Crippen LogP contribution in [0.1, 0.15) is 38.3 Å². The van der Waals surface area contributed by atoms with Crippen LogP contribution in [0, 0.1) is 0 Å². The summed E-state index contributed by atoms with van der Waals surface area (Å²) in [5.74, 6) is 0.598. The van der Waals surface area contributed by atoms with Crippen molar-refractivity contribution in [2.75, 3.05) is 18.5 Å². The number of anilines is 1. The molecule has 2 unspecified atom stereocenters. The molecule has 0 aliphatic carbocycles. The molecule has 1 aromatic rings. The third kappa shape index (κ3) is 3.71. The lowest BCUT2D eigenvalue weighted by Gasteiger charge is -2.23. The number of carbonyl (C=O) groups excluding carboxylic acids is 1. The van der Waals surface area contributed by atoms with Crippen LogP contribution in [0.4, 0.5) is 5.69 Å². The molecule has 0 fully saturated rings. The lowest BCUT2D eigenvalue weighted by molar-refractivity contribution is -0.118. The van der Waals surface area contributed by atoms with Gasteiger partial charge in [-0.05, 0) is 44.4 Å². The Kier molecular flexibility index (Phi) is 4.98.